The van der Waals surface area contributed by atoms with Gasteiger partial charge >= 0.3 is 0 Å². The van der Waals surface area contributed by atoms with Crippen LogP contribution in [0.3, 0.4) is 0 Å². The number of amides is 1. The van der Waals surface area contributed by atoms with Crippen LogP contribution in [0.1, 0.15) is 26.2 Å². The Balaban J connectivity index is 2.08. The zero-order chi connectivity index (χ0) is 10.4. The Hall–Kier alpha value is -0.610. The van der Waals surface area contributed by atoms with Crippen molar-refractivity contribution in [1.29, 1.82) is 0 Å². The van der Waals surface area contributed by atoms with E-state index in [4.69, 9.17) is 10.5 Å². The normalized spacial score (nSPS) is 23.4. The number of ether oxygens (including phenoxy) is 1. The van der Waals surface area contributed by atoms with Gasteiger partial charge in [-0.25, -0.2) is 0 Å². The Bertz CT molecular complexity index is 179. The van der Waals surface area contributed by atoms with Crippen LogP contribution < -0.4 is 11.1 Å². The summed E-state index contributed by atoms with van der Waals surface area (Å²) in [5.41, 5.74) is 5.67. The van der Waals surface area contributed by atoms with E-state index in [9.17, 15) is 4.79 Å². The lowest BCUT2D eigenvalue weighted by molar-refractivity contribution is -0.121. The van der Waals surface area contributed by atoms with Gasteiger partial charge in [0.05, 0.1) is 6.61 Å². The first-order valence-corrected chi connectivity index (χ1v) is 5.32. The van der Waals surface area contributed by atoms with Crippen molar-refractivity contribution >= 4 is 5.91 Å². The Morgan fingerprint density at radius 2 is 2.50 bits per heavy atom. The minimum Gasteiger partial charge on any atom is -0.381 e. The summed E-state index contributed by atoms with van der Waals surface area (Å²) >= 11 is 0. The van der Waals surface area contributed by atoms with E-state index in [0.29, 0.717) is 12.3 Å². The second-order valence-corrected chi connectivity index (χ2v) is 3.91. The van der Waals surface area contributed by atoms with E-state index in [2.05, 4.69) is 5.32 Å². The van der Waals surface area contributed by atoms with Gasteiger partial charge in [-0.05, 0) is 12.8 Å². The fraction of sp³-hybridized carbons (Fsp3) is 0.900. The molecule has 1 aliphatic rings. The molecular weight excluding hydrogens is 180 g/mol. The molecule has 1 rings (SSSR count). The van der Waals surface area contributed by atoms with E-state index < -0.39 is 0 Å². The molecule has 0 saturated carbocycles. The van der Waals surface area contributed by atoms with Crippen molar-refractivity contribution in [3.05, 3.63) is 0 Å². The maximum Gasteiger partial charge on any atom is 0.221 e. The highest BCUT2D eigenvalue weighted by Gasteiger charge is 2.16. The number of nitrogens with one attached hydrogen (secondary N) is 1. The van der Waals surface area contributed by atoms with Crippen molar-refractivity contribution in [2.75, 3.05) is 19.8 Å². The Labute approximate surface area is 85.2 Å². The number of carbonyl (C=O) groups excluding carboxylic acids is 1. The van der Waals surface area contributed by atoms with E-state index in [1.807, 2.05) is 6.92 Å². The lowest BCUT2D eigenvalue weighted by Crippen LogP contribution is -2.34. The lowest BCUT2D eigenvalue weighted by atomic mass is 10.1. The highest BCUT2D eigenvalue weighted by atomic mass is 16.5. The molecule has 2 atom stereocenters. The van der Waals surface area contributed by atoms with Gasteiger partial charge < -0.3 is 15.8 Å². The minimum atomic E-state index is -0.00479. The van der Waals surface area contributed by atoms with Crippen molar-refractivity contribution < 1.29 is 9.53 Å². The molecule has 2 unspecified atom stereocenters. The van der Waals surface area contributed by atoms with Crippen molar-refractivity contribution in [1.82, 2.24) is 5.32 Å². The van der Waals surface area contributed by atoms with Gasteiger partial charge in [-0.2, -0.15) is 0 Å². The van der Waals surface area contributed by atoms with Crippen LogP contribution in [0.2, 0.25) is 0 Å². The molecule has 0 aromatic carbocycles. The maximum atomic E-state index is 11.3. The van der Waals surface area contributed by atoms with Gasteiger partial charge in [0, 0.05) is 31.5 Å². The molecule has 4 heteroatoms. The summed E-state index contributed by atoms with van der Waals surface area (Å²) in [7, 11) is 0. The second kappa shape index (κ2) is 5.98. The van der Waals surface area contributed by atoms with Crippen LogP contribution in [0, 0.1) is 5.92 Å². The molecular formula is C10H20N2O2. The monoisotopic (exact) mass is 200 g/mol. The summed E-state index contributed by atoms with van der Waals surface area (Å²) in [5.74, 6) is 0.558. The van der Waals surface area contributed by atoms with Crippen LogP contribution in [-0.4, -0.2) is 31.7 Å². The van der Waals surface area contributed by atoms with Gasteiger partial charge in [0.2, 0.25) is 5.91 Å². The summed E-state index contributed by atoms with van der Waals surface area (Å²) in [6, 6.07) is -0.00479. The molecule has 1 aliphatic heterocycles. The van der Waals surface area contributed by atoms with E-state index in [1.54, 1.807) is 0 Å². The quantitative estimate of drug-likeness (QED) is 0.669. The summed E-state index contributed by atoms with van der Waals surface area (Å²) in [6.45, 7) is 4.33. The zero-order valence-corrected chi connectivity index (χ0v) is 8.79. The molecule has 0 radical (unpaired) electrons. The molecule has 1 fully saturated rings. The predicted octanol–water partition coefficient (Wildman–Crippen LogP) is 0.267. The smallest absolute Gasteiger partial charge is 0.221 e. The van der Waals surface area contributed by atoms with Crippen LogP contribution in [0.5, 0.6) is 0 Å². The van der Waals surface area contributed by atoms with Gasteiger partial charge in [0.25, 0.3) is 0 Å². The SMILES string of the molecule is CCC(N)CC(=O)NCC1CCOC1. The first kappa shape index (κ1) is 11.5. The van der Waals surface area contributed by atoms with Crippen molar-refractivity contribution in [2.24, 2.45) is 11.7 Å². The second-order valence-electron chi connectivity index (χ2n) is 3.91. The summed E-state index contributed by atoms with van der Waals surface area (Å²) in [4.78, 5) is 11.3. The number of hydrogen-bond donors (Lipinski definition) is 2. The van der Waals surface area contributed by atoms with Crippen LogP contribution in [0.4, 0.5) is 0 Å². The van der Waals surface area contributed by atoms with Gasteiger partial charge in [-0.15, -0.1) is 0 Å². The highest BCUT2D eigenvalue weighted by molar-refractivity contribution is 5.76. The van der Waals surface area contributed by atoms with Crippen molar-refractivity contribution in [3.8, 4) is 0 Å². The molecule has 82 valence electrons. The molecule has 1 amide bonds. The first-order chi connectivity index (χ1) is 6.72. The van der Waals surface area contributed by atoms with Gasteiger partial charge in [0.1, 0.15) is 0 Å². The predicted molar refractivity (Wildman–Crippen MR) is 54.8 cm³/mol. The number of carbonyl (C=O) groups is 1. The van der Waals surface area contributed by atoms with E-state index in [1.165, 1.54) is 0 Å². The van der Waals surface area contributed by atoms with Crippen LogP contribution in [-0.2, 0) is 9.53 Å². The first-order valence-electron chi connectivity index (χ1n) is 5.32. The Kier molecular flexibility index (Phi) is 4.90. The molecule has 3 N–H and O–H groups in total. The van der Waals surface area contributed by atoms with E-state index >= 15 is 0 Å². The molecule has 0 bridgehead atoms. The standard InChI is InChI=1S/C10H20N2O2/c1-2-9(11)5-10(13)12-6-8-3-4-14-7-8/h8-9H,2-7,11H2,1H3,(H,12,13). The summed E-state index contributed by atoms with van der Waals surface area (Å²) in [5, 5.41) is 2.89. The third-order valence-electron chi connectivity index (χ3n) is 2.58. The number of hydrogen-bond acceptors (Lipinski definition) is 3. The number of nitrogens with two attached hydrogens (primary N) is 1. The minimum absolute atomic E-state index is 0.00479. The molecule has 14 heavy (non-hydrogen) atoms. The topological polar surface area (TPSA) is 64.4 Å². The molecule has 0 aliphatic carbocycles. The van der Waals surface area contributed by atoms with Crippen LogP contribution in [0.15, 0.2) is 0 Å². The third kappa shape index (κ3) is 4.07. The van der Waals surface area contributed by atoms with Gasteiger partial charge in [-0.3, -0.25) is 4.79 Å². The van der Waals surface area contributed by atoms with Crippen LogP contribution in [0.25, 0.3) is 0 Å². The van der Waals surface area contributed by atoms with E-state index in [0.717, 1.165) is 32.6 Å². The average molecular weight is 200 g/mol. The number of rotatable bonds is 5. The molecule has 0 aromatic rings. The molecule has 1 saturated heterocycles. The van der Waals surface area contributed by atoms with Gasteiger partial charge in [-0.1, -0.05) is 6.92 Å². The Morgan fingerprint density at radius 1 is 1.71 bits per heavy atom. The van der Waals surface area contributed by atoms with Crippen LogP contribution >= 0.6 is 0 Å². The van der Waals surface area contributed by atoms with Crippen molar-refractivity contribution in [3.63, 3.8) is 0 Å². The fourth-order valence-electron chi connectivity index (χ4n) is 1.46. The summed E-state index contributed by atoms with van der Waals surface area (Å²) < 4.78 is 5.22. The molecule has 4 nitrogen and oxygen atoms in total. The fourth-order valence-corrected chi connectivity index (χ4v) is 1.46. The molecule has 1 heterocycles. The largest absolute Gasteiger partial charge is 0.381 e. The van der Waals surface area contributed by atoms with Crippen molar-refractivity contribution in [2.45, 2.75) is 32.2 Å². The molecule has 0 aromatic heterocycles. The highest BCUT2D eigenvalue weighted by Crippen LogP contribution is 2.10. The van der Waals surface area contributed by atoms with Gasteiger partial charge in [0.15, 0.2) is 0 Å². The maximum absolute atomic E-state index is 11.3. The zero-order valence-electron chi connectivity index (χ0n) is 8.79. The lowest BCUT2D eigenvalue weighted by Gasteiger charge is -2.11. The third-order valence-corrected chi connectivity index (χ3v) is 2.58. The average Bonchev–Trinajstić information content (AvgIpc) is 2.67. The summed E-state index contributed by atoms with van der Waals surface area (Å²) in [6.07, 6.45) is 2.34. The molecule has 0 spiro atoms. The van der Waals surface area contributed by atoms with E-state index in [-0.39, 0.29) is 11.9 Å². The Morgan fingerprint density at radius 3 is 3.07 bits per heavy atom.